The maximum Gasteiger partial charge on any atom is 0.338 e. The first-order chi connectivity index (χ1) is 13.5. The first-order valence-electron chi connectivity index (χ1n) is 9.90. The zero-order valence-corrected chi connectivity index (χ0v) is 16.1. The van der Waals surface area contributed by atoms with Gasteiger partial charge in [-0.2, -0.15) is 0 Å². The molecule has 0 bridgehead atoms. The SMILES string of the molecule is C[C@@H](OC(=O)c1cccc(N2C(=O)CCC2=O)c1)C(=O)NCC1CCCCC1. The number of carbonyl (C=O) groups is 4. The Bertz CT molecular complexity index is 754. The summed E-state index contributed by atoms with van der Waals surface area (Å²) in [6, 6.07) is 6.15. The van der Waals surface area contributed by atoms with Gasteiger partial charge in [0.1, 0.15) is 0 Å². The zero-order chi connectivity index (χ0) is 20.1. The minimum absolute atomic E-state index is 0.172. The van der Waals surface area contributed by atoms with Crippen molar-refractivity contribution < 1.29 is 23.9 Å². The molecule has 1 aliphatic carbocycles. The molecule has 28 heavy (non-hydrogen) atoms. The van der Waals surface area contributed by atoms with Crippen LogP contribution in [0.25, 0.3) is 0 Å². The fourth-order valence-corrected chi connectivity index (χ4v) is 3.70. The third kappa shape index (κ3) is 4.77. The number of rotatable bonds is 6. The van der Waals surface area contributed by atoms with Crippen LogP contribution in [-0.2, 0) is 19.1 Å². The Morgan fingerprint density at radius 3 is 2.50 bits per heavy atom. The summed E-state index contributed by atoms with van der Waals surface area (Å²) < 4.78 is 5.27. The number of hydrogen-bond donors (Lipinski definition) is 1. The first kappa shape index (κ1) is 20.0. The fourth-order valence-electron chi connectivity index (χ4n) is 3.70. The quantitative estimate of drug-likeness (QED) is 0.599. The van der Waals surface area contributed by atoms with Gasteiger partial charge >= 0.3 is 5.97 Å². The molecule has 0 unspecified atom stereocenters. The molecule has 1 aromatic rings. The Hall–Kier alpha value is -2.70. The predicted molar refractivity (Wildman–Crippen MR) is 103 cm³/mol. The van der Waals surface area contributed by atoms with E-state index in [4.69, 9.17) is 4.74 Å². The molecule has 1 aliphatic heterocycles. The highest BCUT2D eigenvalue weighted by Crippen LogP contribution is 2.24. The van der Waals surface area contributed by atoms with E-state index in [2.05, 4.69) is 5.32 Å². The van der Waals surface area contributed by atoms with E-state index in [-0.39, 0.29) is 36.1 Å². The Morgan fingerprint density at radius 1 is 1.14 bits per heavy atom. The van der Waals surface area contributed by atoms with Gasteiger partial charge in [0.05, 0.1) is 11.3 Å². The average molecular weight is 386 g/mol. The maximum atomic E-state index is 12.4. The van der Waals surface area contributed by atoms with Crippen molar-refractivity contribution in [2.24, 2.45) is 5.92 Å². The number of esters is 1. The molecule has 1 atom stereocenters. The zero-order valence-electron chi connectivity index (χ0n) is 16.1. The lowest BCUT2D eigenvalue weighted by Crippen LogP contribution is -2.38. The largest absolute Gasteiger partial charge is 0.449 e. The molecule has 1 aromatic carbocycles. The number of ether oxygens (including phenoxy) is 1. The smallest absolute Gasteiger partial charge is 0.338 e. The summed E-state index contributed by atoms with van der Waals surface area (Å²) in [5.74, 6) is -1.06. The summed E-state index contributed by atoms with van der Waals surface area (Å²) >= 11 is 0. The molecule has 3 rings (SSSR count). The van der Waals surface area contributed by atoms with E-state index in [0.717, 1.165) is 17.7 Å². The van der Waals surface area contributed by atoms with Crippen LogP contribution in [0.5, 0.6) is 0 Å². The Morgan fingerprint density at radius 2 is 1.82 bits per heavy atom. The lowest BCUT2D eigenvalue weighted by Gasteiger charge is -2.22. The molecule has 3 amide bonds. The van der Waals surface area contributed by atoms with Crippen LogP contribution < -0.4 is 10.2 Å². The van der Waals surface area contributed by atoms with Crippen molar-refractivity contribution in [3.63, 3.8) is 0 Å². The van der Waals surface area contributed by atoms with Crippen molar-refractivity contribution in [2.75, 3.05) is 11.4 Å². The van der Waals surface area contributed by atoms with Gasteiger partial charge < -0.3 is 10.1 Å². The summed E-state index contributed by atoms with van der Waals surface area (Å²) in [5.41, 5.74) is 0.535. The molecule has 2 fully saturated rings. The van der Waals surface area contributed by atoms with Gasteiger partial charge in [-0.15, -0.1) is 0 Å². The molecular formula is C21H26N2O5. The summed E-state index contributed by atoms with van der Waals surface area (Å²) in [5, 5.41) is 2.86. The number of benzene rings is 1. The predicted octanol–water partition coefficient (Wildman–Crippen LogP) is 2.58. The Labute approximate surface area is 164 Å². The van der Waals surface area contributed by atoms with Crippen molar-refractivity contribution in [1.29, 1.82) is 0 Å². The normalized spacial score (nSPS) is 18.8. The molecule has 0 radical (unpaired) electrons. The second-order valence-corrected chi connectivity index (χ2v) is 7.47. The van der Waals surface area contributed by atoms with Gasteiger partial charge in [0.2, 0.25) is 11.8 Å². The number of nitrogens with one attached hydrogen (secondary N) is 1. The van der Waals surface area contributed by atoms with Crippen LogP contribution in [0.1, 0.15) is 62.2 Å². The summed E-state index contributed by atoms with van der Waals surface area (Å²) in [6.07, 6.45) is 5.32. The molecule has 0 aromatic heterocycles. The van der Waals surface area contributed by atoms with Crippen molar-refractivity contribution in [2.45, 2.75) is 58.0 Å². The molecule has 7 heteroatoms. The van der Waals surface area contributed by atoms with Crippen molar-refractivity contribution in [3.8, 4) is 0 Å². The lowest BCUT2D eigenvalue weighted by molar-refractivity contribution is -0.129. The van der Waals surface area contributed by atoms with Gasteiger partial charge in [0.15, 0.2) is 6.10 Å². The third-order valence-electron chi connectivity index (χ3n) is 5.33. The van der Waals surface area contributed by atoms with E-state index < -0.39 is 12.1 Å². The number of nitrogens with zero attached hydrogens (tertiary/aromatic N) is 1. The number of anilines is 1. The van der Waals surface area contributed by atoms with Crippen LogP contribution in [0, 0.1) is 5.92 Å². The van der Waals surface area contributed by atoms with E-state index in [0.29, 0.717) is 18.2 Å². The van der Waals surface area contributed by atoms with Crippen LogP contribution in [0.4, 0.5) is 5.69 Å². The van der Waals surface area contributed by atoms with Gasteiger partial charge in [-0.25, -0.2) is 4.79 Å². The number of amides is 3. The van der Waals surface area contributed by atoms with Crippen LogP contribution in [0.15, 0.2) is 24.3 Å². The summed E-state index contributed by atoms with van der Waals surface area (Å²) in [6.45, 7) is 2.14. The van der Waals surface area contributed by atoms with E-state index >= 15 is 0 Å². The van der Waals surface area contributed by atoms with Gasteiger partial charge in [-0.1, -0.05) is 25.3 Å². The first-order valence-corrected chi connectivity index (χ1v) is 9.90. The molecule has 7 nitrogen and oxygen atoms in total. The highest BCUT2D eigenvalue weighted by molar-refractivity contribution is 6.20. The number of carbonyl (C=O) groups excluding carboxylic acids is 4. The molecule has 1 saturated heterocycles. The van der Waals surface area contributed by atoms with Crippen molar-refractivity contribution in [1.82, 2.24) is 5.32 Å². The second kappa shape index (κ2) is 8.99. The fraction of sp³-hybridized carbons (Fsp3) is 0.524. The Balaban J connectivity index is 1.56. The van der Waals surface area contributed by atoms with E-state index in [1.807, 2.05) is 0 Å². The van der Waals surface area contributed by atoms with E-state index in [1.165, 1.54) is 38.3 Å². The molecular weight excluding hydrogens is 360 g/mol. The van der Waals surface area contributed by atoms with E-state index in [9.17, 15) is 19.2 Å². The maximum absolute atomic E-state index is 12.4. The Kier molecular flexibility index (Phi) is 6.44. The van der Waals surface area contributed by atoms with Gasteiger partial charge in [-0.05, 0) is 43.9 Å². The second-order valence-electron chi connectivity index (χ2n) is 7.47. The van der Waals surface area contributed by atoms with Gasteiger partial charge in [-0.3, -0.25) is 19.3 Å². The van der Waals surface area contributed by atoms with Crippen LogP contribution >= 0.6 is 0 Å². The van der Waals surface area contributed by atoms with Crippen LogP contribution in [-0.4, -0.2) is 36.3 Å². The molecule has 1 heterocycles. The summed E-state index contributed by atoms with van der Waals surface area (Å²) in [7, 11) is 0. The highest BCUT2D eigenvalue weighted by atomic mass is 16.5. The van der Waals surface area contributed by atoms with Gasteiger partial charge in [0, 0.05) is 19.4 Å². The minimum atomic E-state index is -0.921. The molecule has 2 aliphatic rings. The molecule has 0 spiro atoms. The summed E-state index contributed by atoms with van der Waals surface area (Å²) in [4.78, 5) is 49.5. The van der Waals surface area contributed by atoms with Crippen molar-refractivity contribution >= 4 is 29.4 Å². The van der Waals surface area contributed by atoms with Crippen LogP contribution in [0.3, 0.4) is 0 Å². The van der Waals surface area contributed by atoms with Gasteiger partial charge in [0.25, 0.3) is 5.91 Å². The number of imide groups is 1. The topological polar surface area (TPSA) is 92.8 Å². The molecule has 150 valence electrons. The van der Waals surface area contributed by atoms with Crippen molar-refractivity contribution in [3.05, 3.63) is 29.8 Å². The van der Waals surface area contributed by atoms with E-state index in [1.54, 1.807) is 12.1 Å². The molecule has 1 N–H and O–H groups in total. The lowest BCUT2D eigenvalue weighted by atomic mass is 9.89. The highest BCUT2D eigenvalue weighted by Gasteiger charge is 2.31. The van der Waals surface area contributed by atoms with Crippen LogP contribution in [0.2, 0.25) is 0 Å². The third-order valence-corrected chi connectivity index (χ3v) is 5.33. The average Bonchev–Trinajstić information content (AvgIpc) is 3.05. The number of hydrogen-bond acceptors (Lipinski definition) is 5. The monoisotopic (exact) mass is 386 g/mol. The molecule has 1 saturated carbocycles. The minimum Gasteiger partial charge on any atom is -0.449 e. The standard InChI is InChI=1S/C21H26N2O5/c1-14(20(26)22-13-15-6-3-2-4-7-15)28-21(27)16-8-5-9-17(12-16)23-18(24)10-11-19(23)25/h5,8-9,12,14-15H,2-4,6-7,10-11,13H2,1H3,(H,22,26)/t14-/m1/s1.